The smallest absolute Gasteiger partial charge is 0.129 e. The average Bonchev–Trinajstić information content (AvgIpc) is 2.88. The molecule has 0 aliphatic rings. The number of para-hydroxylation sites is 1. The molecule has 0 aliphatic carbocycles. The van der Waals surface area contributed by atoms with E-state index in [4.69, 9.17) is 16.3 Å². The van der Waals surface area contributed by atoms with Crippen molar-refractivity contribution in [2.45, 2.75) is 19.7 Å². The van der Waals surface area contributed by atoms with Gasteiger partial charge in [0.15, 0.2) is 0 Å². The highest BCUT2D eigenvalue weighted by molar-refractivity contribution is 6.17. The number of rotatable bonds is 4. The van der Waals surface area contributed by atoms with Crippen LogP contribution in [0.15, 0.2) is 42.5 Å². The van der Waals surface area contributed by atoms with Crippen LogP contribution in [0.4, 0.5) is 0 Å². The highest BCUT2D eigenvalue weighted by Crippen LogP contribution is 2.26. The van der Waals surface area contributed by atoms with Crippen LogP contribution < -0.4 is 4.74 Å². The van der Waals surface area contributed by atoms with E-state index in [9.17, 15) is 0 Å². The first-order chi connectivity index (χ1) is 10.2. The highest BCUT2D eigenvalue weighted by Gasteiger charge is 2.12. The van der Waals surface area contributed by atoms with E-state index in [2.05, 4.69) is 28.6 Å². The molecule has 21 heavy (non-hydrogen) atoms. The number of hydrogen-bond donors (Lipinski definition) is 0. The standard InChI is InChI=1S/C17H17ClN2O/c1-3-21-14-9-7-13(8-10-14)20-15-6-4-5-12(2)17(15)19-16(20)11-18/h4-10H,3,11H2,1-2H3. The fraction of sp³-hybridized carbons (Fsp3) is 0.235. The van der Waals surface area contributed by atoms with E-state index in [1.165, 1.54) is 0 Å². The molecule has 0 atom stereocenters. The molecule has 3 rings (SSSR count). The van der Waals surface area contributed by atoms with Gasteiger partial charge in [-0.25, -0.2) is 4.98 Å². The van der Waals surface area contributed by atoms with E-state index in [1.54, 1.807) is 0 Å². The number of fused-ring (bicyclic) bond motifs is 1. The van der Waals surface area contributed by atoms with Crippen molar-refractivity contribution in [3.63, 3.8) is 0 Å². The topological polar surface area (TPSA) is 27.1 Å². The molecule has 1 aromatic heterocycles. The third-order valence-corrected chi connectivity index (χ3v) is 3.72. The monoisotopic (exact) mass is 300 g/mol. The lowest BCUT2D eigenvalue weighted by Crippen LogP contribution is -1.99. The predicted molar refractivity (Wildman–Crippen MR) is 86.5 cm³/mol. The van der Waals surface area contributed by atoms with Gasteiger partial charge >= 0.3 is 0 Å². The number of nitrogens with zero attached hydrogens (tertiary/aromatic N) is 2. The van der Waals surface area contributed by atoms with Crippen LogP contribution in [-0.2, 0) is 5.88 Å². The SMILES string of the molecule is CCOc1ccc(-n2c(CCl)nc3c(C)cccc32)cc1. The molecule has 0 saturated carbocycles. The van der Waals surface area contributed by atoms with Crippen LogP contribution in [0, 0.1) is 6.92 Å². The first-order valence-electron chi connectivity index (χ1n) is 7.00. The molecule has 0 unspecified atom stereocenters. The van der Waals surface area contributed by atoms with Crippen LogP contribution >= 0.6 is 11.6 Å². The maximum Gasteiger partial charge on any atom is 0.129 e. The van der Waals surface area contributed by atoms with Crippen LogP contribution in [0.2, 0.25) is 0 Å². The van der Waals surface area contributed by atoms with Gasteiger partial charge in [0, 0.05) is 5.69 Å². The molecule has 0 saturated heterocycles. The molecular formula is C17H17ClN2O. The van der Waals surface area contributed by atoms with Gasteiger partial charge in [-0.1, -0.05) is 12.1 Å². The summed E-state index contributed by atoms with van der Waals surface area (Å²) in [6.45, 7) is 4.71. The number of benzene rings is 2. The number of halogens is 1. The summed E-state index contributed by atoms with van der Waals surface area (Å²) in [6, 6.07) is 14.2. The van der Waals surface area contributed by atoms with Gasteiger partial charge in [0.05, 0.1) is 23.5 Å². The molecule has 108 valence electrons. The van der Waals surface area contributed by atoms with Crippen molar-refractivity contribution in [3.8, 4) is 11.4 Å². The van der Waals surface area contributed by atoms with Crippen molar-refractivity contribution in [1.82, 2.24) is 9.55 Å². The number of hydrogen-bond acceptors (Lipinski definition) is 2. The largest absolute Gasteiger partial charge is 0.494 e. The lowest BCUT2D eigenvalue weighted by molar-refractivity contribution is 0.340. The molecule has 0 aliphatic heterocycles. The molecular weight excluding hydrogens is 284 g/mol. The van der Waals surface area contributed by atoms with Gasteiger partial charge in [-0.2, -0.15) is 0 Å². The van der Waals surface area contributed by atoms with Crippen molar-refractivity contribution in [1.29, 1.82) is 0 Å². The molecule has 3 aromatic rings. The van der Waals surface area contributed by atoms with Gasteiger partial charge in [-0.15, -0.1) is 11.6 Å². The lowest BCUT2D eigenvalue weighted by Gasteiger charge is -2.09. The second kappa shape index (κ2) is 5.78. The van der Waals surface area contributed by atoms with E-state index in [1.807, 2.05) is 37.3 Å². The summed E-state index contributed by atoms with van der Waals surface area (Å²) in [4.78, 5) is 4.67. The van der Waals surface area contributed by atoms with Gasteiger partial charge in [-0.05, 0) is 49.7 Å². The first kappa shape index (κ1) is 14.0. The summed E-state index contributed by atoms with van der Waals surface area (Å²) >= 11 is 6.08. The van der Waals surface area contributed by atoms with Crippen LogP contribution in [0.1, 0.15) is 18.3 Å². The molecule has 0 radical (unpaired) electrons. The van der Waals surface area contributed by atoms with Gasteiger partial charge in [-0.3, -0.25) is 4.57 Å². The minimum absolute atomic E-state index is 0.376. The minimum atomic E-state index is 0.376. The summed E-state index contributed by atoms with van der Waals surface area (Å²) in [5.74, 6) is 2.10. The maximum absolute atomic E-state index is 6.08. The molecule has 1 heterocycles. The molecule has 0 N–H and O–H groups in total. The quantitative estimate of drug-likeness (QED) is 0.665. The normalized spacial score (nSPS) is 11.0. The fourth-order valence-corrected chi connectivity index (χ4v) is 2.70. The molecule has 0 amide bonds. The number of imidazole rings is 1. The Bertz CT molecular complexity index is 762. The molecule has 0 fully saturated rings. The zero-order chi connectivity index (χ0) is 14.8. The summed E-state index contributed by atoms with van der Waals surface area (Å²) in [6.07, 6.45) is 0. The van der Waals surface area contributed by atoms with E-state index in [-0.39, 0.29) is 0 Å². The third kappa shape index (κ3) is 2.49. The van der Waals surface area contributed by atoms with Crippen molar-refractivity contribution in [3.05, 3.63) is 53.9 Å². The predicted octanol–water partition coefficient (Wildman–Crippen LogP) is 4.47. The Balaban J connectivity index is 2.16. The molecule has 4 heteroatoms. The molecule has 0 bridgehead atoms. The molecule has 0 spiro atoms. The Morgan fingerprint density at radius 1 is 1.14 bits per heavy atom. The van der Waals surface area contributed by atoms with Crippen LogP contribution in [-0.4, -0.2) is 16.2 Å². The van der Waals surface area contributed by atoms with Crippen molar-refractivity contribution < 1.29 is 4.74 Å². The van der Waals surface area contributed by atoms with Gasteiger partial charge < -0.3 is 4.74 Å². The number of alkyl halides is 1. The zero-order valence-corrected chi connectivity index (χ0v) is 12.9. The van der Waals surface area contributed by atoms with Gasteiger partial charge in [0.2, 0.25) is 0 Å². The second-order valence-corrected chi connectivity index (χ2v) is 5.13. The third-order valence-electron chi connectivity index (χ3n) is 3.48. The molecule has 2 aromatic carbocycles. The Kier molecular flexibility index (Phi) is 3.84. The maximum atomic E-state index is 6.08. The van der Waals surface area contributed by atoms with Crippen LogP contribution in [0.5, 0.6) is 5.75 Å². The van der Waals surface area contributed by atoms with Crippen molar-refractivity contribution >= 4 is 22.6 Å². The van der Waals surface area contributed by atoms with Crippen molar-refractivity contribution in [2.24, 2.45) is 0 Å². The number of aromatic nitrogens is 2. The Hall–Kier alpha value is -2.00. The Morgan fingerprint density at radius 2 is 1.90 bits per heavy atom. The average molecular weight is 301 g/mol. The number of ether oxygens (including phenoxy) is 1. The first-order valence-corrected chi connectivity index (χ1v) is 7.54. The highest BCUT2D eigenvalue weighted by atomic mass is 35.5. The van der Waals surface area contributed by atoms with Gasteiger partial charge in [0.25, 0.3) is 0 Å². The number of aryl methyl sites for hydroxylation is 1. The zero-order valence-electron chi connectivity index (χ0n) is 12.1. The Labute approximate surface area is 129 Å². The van der Waals surface area contributed by atoms with Crippen molar-refractivity contribution in [2.75, 3.05) is 6.61 Å². The summed E-state index contributed by atoms with van der Waals surface area (Å²) in [5.41, 5.74) is 4.28. The van der Waals surface area contributed by atoms with Crippen LogP contribution in [0.3, 0.4) is 0 Å². The lowest BCUT2D eigenvalue weighted by atomic mass is 10.2. The van der Waals surface area contributed by atoms with E-state index >= 15 is 0 Å². The van der Waals surface area contributed by atoms with E-state index in [0.717, 1.165) is 33.9 Å². The summed E-state index contributed by atoms with van der Waals surface area (Å²) in [5, 5.41) is 0. The van der Waals surface area contributed by atoms with Gasteiger partial charge in [0.1, 0.15) is 11.6 Å². The Morgan fingerprint density at radius 3 is 2.57 bits per heavy atom. The van der Waals surface area contributed by atoms with Crippen LogP contribution in [0.25, 0.3) is 16.7 Å². The summed E-state index contributed by atoms with van der Waals surface area (Å²) < 4.78 is 7.59. The van der Waals surface area contributed by atoms with E-state index < -0.39 is 0 Å². The summed E-state index contributed by atoms with van der Waals surface area (Å²) in [7, 11) is 0. The minimum Gasteiger partial charge on any atom is -0.494 e. The molecule has 3 nitrogen and oxygen atoms in total. The second-order valence-electron chi connectivity index (χ2n) is 4.87. The van der Waals surface area contributed by atoms with E-state index in [0.29, 0.717) is 12.5 Å². The fourth-order valence-electron chi connectivity index (χ4n) is 2.52.